The van der Waals surface area contributed by atoms with Gasteiger partial charge in [-0.3, -0.25) is 0 Å². The maximum atomic E-state index is 5.80. The molecule has 1 rings (SSSR count). The Labute approximate surface area is 94.8 Å². The van der Waals surface area contributed by atoms with Crippen molar-refractivity contribution < 1.29 is 4.74 Å². The molecule has 1 aromatic carbocycles. The molecular formula is C11H15ClOS. The lowest BCUT2D eigenvalue weighted by molar-refractivity contribution is 0.0440. The monoisotopic (exact) mass is 230 g/mol. The Hall–Kier alpha value is -0.180. The van der Waals surface area contributed by atoms with Gasteiger partial charge in [0, 0.05) is 22.8 Å². The molecule has 0 saturated heterocycles. The molecule has 0 aliphatic rings. The third-order valence-electron chi connectivity index (χ3n) is 1.95. The highest BCUT2D eigenvalue weighted by atomic mass is 35.5. The molecule has 0 saturated carbocycles. The summed E-state index contributed by atoms with van der Waals surface area (Å²) >= 11 is 7.57. The summed E-state index contributed by atoms with van der Waals surface area (Å²) < 4.78 is 5.34. The fourth-order valence-corrected chi connectivity index (χ4v) is 1.93. The van der Waals surface area contributed by atoms with Crippen molar-refractivity contribution in [1.29, 1.82) is 0 Å². The van der Waals surface area contributed by atoms with E-state index in [0.29, 0.717) is 0 Å². The predicted molar refractivity (Wildman–Crippen MR) is 63.3 cm³/mol. The van der Waals surface area contributed by atoms with Crippen molar-refractivity contribution >= 4 is 23.4 Å². The van der Waals surface area contributed by atoms with Crippen LogP contribution in [0.3, 0.4) is 0 Å². The van der Waals surface area contributed by atoms with E-state index in [1.54, 1.807) is 18.9 Å². The molecule has 0 radical (unpaired) electrons. The van der Waals surface area contributed by atoms with E-state index in [0.717, 1.165) is 10.8 Å². The summed E-state index contributed by atoms with van der Waals surface area (Å²) in [6.07, 6.45) is 0. The number of benzene rings is 1. The van der Waals surface area contributed by atoms with Crippen LogP contribution in [0.4, 0.5) is 0 Å². The summed E-state index contributed by atoms with van der Waals surface area (Å²) in [4.78, 5) is 1.22. The van der Waals surface area contributed by atoms with Gasteiger partial charge in [-0.05, 0) is 38.1 Å². The molecule has 0 bridgehead atoms. The Balaban J connectivity index is 2.50. The Morgan fingerprint density at radius 1 is 1.29 bits per heavy atom. The van der Waals surface area contributed by atoms with Crippen LogP contribution in [0.25, 0.3) is 0 Å². The third-order valence-corrected chi connectivity index (χ3v) is 3.65. The van der Waals surface area contributed by atoms with Crippen LogP contribution in [0.5, 0.6) is 0 Å². The van der Waals surface area contributed by atoms with Gasteiger partial charge in [0.25, 0.3) is 0 Å². The molecule has 0 spiro atoms. The predicted octanol–water partition coefficient (Wildman–Crippen LogP) is 3.86. The summed E-state index contributed by atoms with van der Waals surface area (Å²) in [5.41, 5.74) is -0.0791. The Kier molecular flexibility index (Phi) is 4.30. The van der Waals surface area contributed by atoms with Gasteiger partial charge < -0.3 is 4.74 Å². The van der Waals surface area contributed by atoms with Crippen LogP contribution in [0.2, 0.25) is 5.02 Å². The first-order chi connectivity index (χ1) is 6.53. The van der Waals surface area contributed by atoms with E-state index in [9.17, 15) is 0 Å². The second-order valence-electron chi connectivity index (χ2n) is 3.71. The summed E-state index contributed by atoms with van der Waals surface area (Å²) in [5.74, 6) is 0.936. The highest BCUT2D eigenvalue weighted by Crippen LogP contribution is 2.25. The number of hydrogen-bond donors (Lipinski definition) is 0. The van der Waals surface area contributed by atoms with E-state index >= 15 is 0 Å². The van der Waals surface area contributed by atoms with E-state index in [1.165, 1.54) is 4.90 Å². The van der Waals surface area contributed by atoms with Crippen LogP contribution < -0.4 is 0 Å². The maximum absolute atomic E-state index is 5.80. The zero-order valence-corrected chi connectivity index (χ0v) is 10.3. The number of hydrogen-bond acceptors (Lipinski definition) is 2. The minimum absolute atomic E-state index is 0.0791. The fourth-order valence-electron chi connectivity index (χ4n) is 0.847. The second-order valence-corrected chi connectivity index (χ2v) is 5.19. The summed E-state index contributed by atoms with van der Waals surface area (Å²) in [5, 5.41) is 0.778. The van der Waals surface area contributed by atoms with E-state index in [-0.39, 0.29) is 5.60 Å². The van der Waals surface area contributed by atoms with Crippen molar-refractivity contribution in [3.8, 4) is 0 Å². The number of ether oxygens (including phenoxy) is 1. The number of thioether (sulfide) groups is 1. The Morgan fingerprint density at radius 2 is 1.86 bits per heavy atom. The van der Waals surface area contributed by atoms with Crippen LogP contribution in [0.15, 0.2) is 29.2 Å². The Morgan fingerprint density at radius 3 is 2.36 bits per heavy atom. The largest absolute Gasteiger partial charge is 0.378 e. The van der Waals surface area contributed by atoms with Gasteiger partial charge in [0.15, 0.2) is 0 Å². The van der Waals surface area contributed by atoms with Crippen molar-refractivity contribution in [2.45, 2.75) is 24.3 Å². The molecule has 0 fully saturated rings. The normalized spacial score (nSPS) is 11.7. The van der Waals surface area contributed by atoms with E-state index in [1.807, 2.05) is 24.3 Å². The molecule has 0 amide bonds. The SMILES string of the molecule is COC(C)(C)CSc1ccc(Cl)cc1. The summed E-state index contributed by atoms with van der Waals surface area (Å²) in [7, 11) is 1.74. The molecule has 0 aliphatic heterocycles. The van der Waals surface area contributed by atoms with E-state index < -0.39 is 0 Å². The van der Waals surface area contributed by atoms with Gasteiger partial charge in [-0.1, -0.05) is 11.6 Å². The van der Waals surface area contributed by atoms with Crippen molar-refractivity contribution in [3.05, 3.63) is 29.3 Å². The first-order valence-electron chi connectivity index (χ1n) is 4.47. The van der Waals surface area contributed by atoms with Gasteiger partial charge in [-0.25, -0.2) is 0 Å². The lowest BCUT2D eigenvalue weighted by Crippen LogP contribution is -2.25. The minimum Gasteiger partial charge on any atom is -0.378 e. The maximum Gasteiger partial charge on any atom is 0.0716 e. The topological polar surface area (TPSA) is 9.23 Å². The molecule has 0 aliphatic carbocycles. The van der Waals surface area contributed by atoms with Gasteiger partial charge in [-0.2, -0.15) is 0 Å². The fraction of sp³-hybridized carbons (Fsp3) is 0.455. The number of halogens is 1. The van der Waals surface area contributed by atoms with Crippen LogP contribution in [0, 0.1) is 0 Å². The molecule has 0 atom stereocenters. The summed E-state index contributed by atoms with van der Waals surface area (Å²) in [6, 6.07) is 7.87. The quantitative estimate of drug-likeness (QED) is 0.727. The van der Waals surface area contributed by atoms with E-state index in [2.05, 4.69) is 13.8 Å². The lowest BCUT2D eigenvalue weighted by atomic mass is 10.2. The van der Waals surface area contributed by atoms with Crippen molar-refractivity contribution in [1.82, 2.24) is 0 Å². The van der Waals surface area contributed by atoms with Gasteiger partial charge in [0.05, 0.1) is 5.60 Å². The summed E-state index contributed by atoms with van der Waals surface area (Å²) in [6.45, 7) is 4.16. The van der Waals surface area contributed by atoms with Crippen LogP contribution in [0.1, 0.15) is 13.8 Å². The average molecular weight is 231 g/mol. The molecule has 0 unspecified atom stereocenters. The Bertz CT molecular complexity index is 282. The molecule has 1 aromatic rings. The van der Waals surface area contributed by atoms with Crippen molar-refractivity contribution in [2.75, 3.05) is 12.9 Å². The molecule has 14 heavy (non-hydrogen) atoms. The van der Waals surface area contributed by atoms with Gasteiger partial charge in [0.2, 0.25) is 0 Å². The zero-order valence-electron chi connectivity index (χ0n) is 8.71. The zero-order chi connectivity index (χ0) is 10.6. The van der Waals surface area contributed by atoms with Gasteiger partial charge in [0.1, 0.15) is 0 Å². The van der Waals surface area contributed by atoms with Crippen LogP contribution >= 0.6 is 23.4 Å². The standard InChI is InChI=1S/C11H15ClOS/c1-11(2,13-3)8-14-10-6-4-9(12)5-7-10/h4-7H,8H2,1-3H3. The molecule has 3 heteroatoms. The second kappa shape index (κ2) is 5.06. The average Bonchev–Trinajstić information content (AvgIpc) is 2.17. The van der Waals surface area contributed by atoms with E-state index in [4.69, 9.17) is 16.3 Å². The smallest absolute Gasteiger partial charge is 0.0716 e. The first-order valence-corrected chi connectivity index (χ1v) is 5.83. The highest BCUT2D eigenvalue weighted by molar-refractivity contribution is 7.99. The van der Waals surface area contributed by atoms with Crippen molar-refractivity contribution in [2.24, 2.45) is 0 Å². The molecule has 0 aromatic heterocycles. The van der Waals surface area contributed by atoms with Gasteiger partial charge >= 0.3 is 0 Å². The lowest BCUT2D eigenvalue weighted by Gasteiger charge is -2.22. The van der Waals surface area contributed by atoms with Crippen LogP contribution in [-0.2, 0) is 4.74 Å². The number of methoxy groups -OCH3 is 1. The number of rotatable bonds is 4. The molecule has 0 heterocycles. The van der Waals surface area contributed by atoms with Crippen LogP contribution in [-0.4, -0.2) is 18.5 Å². The molecular weight excluding hydrogens is 216 g/mol. The molecule has 1 nitrogen and oxygen atoms in total. The molecule has 0 N–H and O–H groups in total. The highest BCUT2D eigenvalue weighted by Gasteiger charge is 2.16. The van der Waals surface area contributed by atoms with Crippen molar-refractivity contribution in [3.63, 3.8) is 0 Å². The van der Waals surface area contributed by atoms with Gasteiger partial charge in [-0.15, -0.1) is 11.8 Å². The molecule has 78 valence electrons. The third kappa shape index (κ3) is 3.91. The minimum atomic E-state index is -0.0791. The first kappa shape index (κ1) is 11.9.